The van der Waals surface area contributed by atoms with Crippen molar-refractivity contribution in [3.8, 4) is 0 Å². The summed E-state index contributed by atoms with van der Waals surface area (Å²) < 4.78 is 2.35. The standard InChI is InChI=1S/C13H20N4/c1-2-10-5-9(1)6-11(10)7-12-15-16-13-8-14-3-4-17(12)13/h9-11,14H,1-8H2. The minimum absolute atomic E-state index is 0.893. The fourth-order valence-electron chi connectivity index (χ4n) is 4.16. The molecule has 0 aromatic carbocycles. The number of fused-ring (bicyclic) bond motifs is 3. The average Bonchev–Trinajstić information content (AvgIpc) is 3.05. The SMILES string of the molecule is C1Cn2c(nnc2CC2CC3CCC2C3)CN1. The molecule has 0 saturated heterocycles. The van der Waals surface area contributed by atoms with Crippen molar-refractivity contribution in [2.24, 2.45) is 17.8 Å². The third-order valence-electron chi connectivity index (χ3n) is 5.03. The number of nitrogens with zero attached hydrogens (tertiary/aromatic N) is 3. The zero-order chi connectivity index (χ0) is 11.2. The third kappa shape index (κ3) is 1.61. The van der Waals surface area contributed by atoms with Gasteiger partial charge in [-0.05, 0) is 37.0 Å². The van der Waals surface area contributed by atoms with E-state index in [1.807, 2.05) is 0 Å². The van der Waals surface area contributed by atoms with Gasteiger partial charge >= 0.3 is 0 Å². The molecule has 1 aliphatic heterocycles. The van der Waals surface area contributed by atoms with Crippen LogP contribution in [0.25, 0.3) is 0 Å². The van der Waals surface area contributed by atoms with Crippen molar-refractivity contribution in [1.29, 1.82) is 0 Å². The van der Waals surface area contributed by atoms with E-state index in [-0.39, 0.29) is 0 Å². The Kier molecular flexibility index (Phi) is 2.25. The molecule has 0 spiro atoms. The number of nitrogens with one attached hydrogen (secondary N) is 1. The van der Waals surface area contributed by atoms with E-state index in [4.69, 9.17) is 0 Å². The Bertz CT molecular complexity index is 425. The van der Waals surface area contributed by atoms with Crippen LogP contribution in [0.1, 0.15) is 37.3 Å². The molecule has 4 rings (SSSR count). The van der Waals surface area contributed by atoms with E-state index >= 15 is 0 Å². The van der Waals surface area contributed by atoms with Gasteiger partial charge in [-0.2, -0.15) is 0 Å². The van der Waals surface area contributed by atoms with E-state index < -0.39 is 0 Å². The molecular weight excluding hydrogens is 212 g/mol. The maximum absolute atomic E-state index is 4.42. The summed E-state index contributed by atoms with van der Waals surface area (Å²) >= 11 is 0. The second kappa shape index (κ2) is 3.80. The zero-order valence-electron chi connectivity index (χ0n) is 10.2. The second-order valence-corrected chi connectivity index (χ2v) is 6.00. The highest BCUT2D eigenvalue weighted by molar-refractivity contribution is 5.02. The fourth-order valence-corrected chi connectivity index (χ4v) is 4.16. The minimum Gasteiger partial charge on any atom is -0.313 e. The molecule has 17 heavy (non-hydrogen) atoms. The molecule has 0 radical (unpaired) electrons. The van der Waals surface area contributed by atoms with E-state index in [9.17, 15) is 0 Å². The molecule has 1 aromatic heterocycles. The Hall–Kier alpha value is -0.900. The van der Waals surface area contributed by atoms with Gasteiger partial charge in [-0.15, -0.1) is 10.2 Å². The van der Waals surface area contributed by atoms with Gasteiger partial charge in [0.25, 0.3) is 0 Å². The van der Waals surface area contributed by atoms with E-state index in [0.717, 1.165) is 43.2 Å². The Morgan fingerprint density at radius 1 is 1.24 bits per heavy atom. The van der Waals surface area contributed by atoms with Crippen molar-refractivity contribution in [2.45, 2.75) is 45.2 Å². The molecule has 2 aliphatic carbocycles. The lowest BCUT2D eigenvalue weighted by Crippen LogP contribution is -2.29. The second-order valence-electron chi connectivity index (χ2n) is 6.00. The van der Waals surface area contributed by atoms with Gasteiger partial charge in [-0.25, -0.2) is 0 Å². The molecule has 1 N–H and O–H groups in total. The van der Waals surface area contributed by atoms with Crippen LogP contribution in [0.4, 0.5) is 0 Å². The first kappa shape index (κ1) is 10.1. The molecular formula is C13H20N4. The lowest BCUT2D eigenvalue weighted by atomic mass is 9.86. The number of hydrogen-bond acceptors (Lipinski definition) is 3. The zero-order valence-corrected chi connectivity index (χ0v) is 10.2. The number of aromatic nitrogens is 3. The van der Waals surface area contributed by atoms with Crippen molar-refractivity contribution in [2.75, 3.05) is 6.54 Å². The van der Waals surface area contributed by atoms with E-state index in [1.54, 1.807) is 0 Å². The highest BCUT2D eigenvalue weighted by Gasteiger charge is 2.40. The van der Waals surface area contributed by atoms with Gasteiger partial charge in [0.2, 0.25) is 0 Å². The Morgan fingerprint density at radius 3 is 3.06 bits per heavy atom. The number of rotatable bonds is 2. The van der Waals surface area contributed by atoms with Gasteiger partial charge in [0.1, 0.15) is 11.6 Å². The van der Waals surface area contributed by atoms with E-state index in [2.05, 4.69) is 20.1 Å². The van der Waals surface area contributed by atoms with Crippen molar-refractivity contribution >= 4 is 0 Å². The van der Waals surface area contributed by atoms with Crippen molar-refractivity contribution in [1.82, 2.24) is 20.1 Å². The summed E-state index contributed by atoms with van der Waals surface area (Å²) in [7, 11) is 0. The molecule has 3 unspecified atom stereocenters. The summed E-state index contributed by atoms with van der Waals surface area (Å²) in [5, 5.41) is 12.1. The molecule has 0 amide bonds. The van der Waals surface area contributed by atoms with E-state index in [0.29, 0.717) is 0 Å². The molecule has 2 bridgehead atoms. The summed E-state index contributed by atoms with van der Waals surface area (Å²) in [5.74, 6) is 5.32. The van der Waals surface area contributed by atoms with Crippen LogP contribution in [0.2, 0.25) is 0 Å². The first-order valence-electron chi connectivity index (χ1n) is 7.02. The van der Waals surface area contributed by atoms with Gasteiger partial charge in [0.05, 0.1) is 6.54 Å². The van der Waals surface area contributed by atoms with Crippen LogP contribution in [0.15, 0.2) is 0 Å². The van der Waals surface area contributed by atoms with Gasteiger partial charge in [0.15, 0.2) is 0 Å². The van der Waals surface area contributed by atoms with Crippen LogP contribution in [0.3, 0.4) is 0 Å². The molecule has 2 heterocycles. The van der Waals surface area contributed by atoms with Crippen LogP contribution in [-0.4, -0.2) is 21.3 Å². The molecule has 4 heteroatoms. The molecule has 2 saturated carbocycles. The Morgan fingerprint density at radius 2 is 2.24 bits per heavy atom. The van der Waals surface area contributed by atoms with Gasteiger partial charge in [0, 0.05) is 19.5 Å². The van der Waals surface area contributed by atoms with Crippen LogP contribution in [0, 0.1) is 17.8 Å². The highest BCUT2D eigenvalue weighted by Crippen LogP contribution is 2.49. The minimum atomic E-state index is 0.893. The maximum atomic E-state index is 4.42. The summed E-state index contributed by atoms with van der Waals surface area (Å²) in [6, 6.07) is 0. The lowest BCUT2D eigenvalue weighted by Gasteiger charge is -2.22. The Labute approximate surface area is 102 Å². The van der Waals surface area contributed by atoms with Gasteiger partial charge < -0.3 is 9.88 Å². The van der Waals surface area contributed by atoms with Crippen LogP contribution >= 0.6 is 0 Å². The fraction of sp³-hybridized carbons (Fsp3) is 0.846. The van der Waals surface area contributed by atoms with Crippen LogP contribution < -0.4 is 5.32 Å². The van der Waals surface area contributed by atoms with Crippen molar-refractivity contribution in [3.05, 3.63) is 11.6 Å². The monoisotopic (exact) mass is 232 g/mol. The molecule has 1 aromatic rings. The molecule has 3 aliphatic rings. The first-order chi connectivity index (χ1) is 8.40. The van der Waals surface area contributed by atoms with Crippen LogP contribution in [-0.2, 0) is 19.5 Å². The predicted octanol–water partition coefficient (Wildman–Crippen LogP) is 1.36. The summed E-state index contributed by atoms with van der Waals surface area (Å²) in [4.78, 5) is 0. The van der Waals surface area contributed by atoms with Gasteiger partial charge in [-0.1, -0.05) is 6.42 Å². The summed E-state index contributed by atoms with van der Waals surface area (Å²) in [5.41, 5.74) is 0. The van der Waals surface area contributed by atoms with Crippen LogP contribution in [0.5, 0.6) is 0 Å². The van der Waals surface area contributed by atoms with Gasteiger partial charge in [-0.3, -0.25) is 0 Å². The quantitative estimate of drug-likeness (QED) is 0.837. The van der Waals surface area contributed by atoms with Crippen molar-refractivity contribution in [3.63, 3.8) is 0 Å². The molecule has 92 valence electrons. The smallest absolute Gasteiger partial charge is 0.147 e. The van der Waals surface area contributed by atoms with E-state index in [1.165, 1.54) is 37.9 Å². The van der Waals surface area contributed by atoms with Crippen molar-refractivity contribution < 1.29 is 0 Å². The highest BCUT2D eigenvalue weighted by atomic mass is 15.3. The molecule has 2 fully saturated rings. The summed E-state index contributed by atoms with van der Waals surface area (Å²) in [6.07, 6.45) is 7.08. The lowest BCUT2D eigenvalue weighted by molar-refractivity contribution is 0.321. The average molecular weight is 232 g/mol. The molecule has 3 atom stereocenters. The predicted molar refractivity (Wildman–Crippen MR) is 64.4 cm³/mol. The third-order valence-corrected chi connectivity index (χ3v) is 5.03. The largest absolute Gasteiger partial charge is 0.313 e. The Balaban J connectivity index is 1.54. The number of hydrogen-bond donors (Lipinski definition) is 1. The summed E-state index contributed by atoms with van der Waals surface area (Å²) in [6.45, 7) is 3.01. The normalized spacial score (nSPS) is 35.2. The maximum Gasteiger partial charge on any atom is 0.147 e. The molecule has 4 nitrogen and oxygen atoms in total. The first-order valence-corrected chi connectivity index (χ1v) is 7.02. The topological polar surface area (TPSA) is 42.7 Å².